The highest BCUT2D eigenvalue weighted by Gasteiger charge is 2.54. The van der Waals surface area contributed by atoms with E-state index in [1.165, 1.54) is 12.1 Å². The van der Waals surface area contributed by atoms with Crippen LogP contribution in [-0.2, 0) is 30.6 Å². The average Bonchev–Trinajstić information content (AvgIpc) is 3.41. The summed E-state index contributed by atoms with van der Waals surface area (Å²) in [5.74, 6) is -1.16. The fourth-order valence-corrected chi connectivity index (χ4v) is 6.36. The minimum atomic E-state index is -3.91. The molecule has 1 aliphatic heterocycles. The minimum Gasteiger partial charge on any atom is -0.454 e. The van der Waals surface area contributed by atoms with Gasteiger partial charge in [0.1, 0.15) is 0 Å². The molecule has 0 atom stereocenters. The summed E-state index contributed by atoms with van der Waals surface area (Å²) < 4.78 is 30.2. The fraction of sp³-hybridized carbons (Fsp3) is 0.364. The first-order valence-corrected chi connectivity index (χ1v) is 11.3. The van der Waals surface area contributed by atoms with E-state index in [1.807, 2.05) is 24.3 Å². The molecule has 2 aromatic carbocycles. The fourth-order valence-electron chi connectivity index (χ4n) is 4.29. The Morgan fingerprint density at radius 3 is 2.34 bits per heavy atom. The van der Waals surface area contributed by atoms with Crippen LogP contribution < -0.4 is 4.90 Å². The van der Waals surface area contributed by atoms with Crippen molar-refractivity contribution < 1.29 is 22.7 Å². The summed E-state index contributed by atoms with van der Waals surface area (Å²) in [5, 5.41) is 0. The zero-order valence-corrected chi connectivity index (χ0v) is 16.9. The second kappa shape index (κ2) is 7.63. The van der Waals surface area contributed by atoms with E-state index in [0.717, 1.165) is 17.7 Å². The van der Waals surface area contributed by atoms with E-state index in [-0.39, 0.29) is 23.6 Å². The van der Waals surface area contributed by atoms with Gasteiger partial charge in [0.15, 0.2) is 21.2 Å². The SMILES string of the molecule is O=C(COC(=O)C1(S(=O)(=O)c2ccccc2)CCCC1)N1CCc2ccccc21. The first kappa shape index (κ1) is 19.6. The second-order valence-corrected chi connectivity index (χ2v) is 9.78. The molecule has 6 nitrogen and oxygen atoms in total. The first-order chi connectivity index (χ1) is 14.0. The molecule has 1 amide bonds. The lowest BCUT2D eigenvalue weighted by Gasteiger charge is -2.27. The Morgan fingerprint density at radius 1 is 0.966 bits per heavy atom. The number of hydrogen-bond donors (Lipinski definition) is 0. The van der Waals surface area contributed by atoms with Crippen LogP contribution in [0.5, 0.6) is 0 Å². The highest BCUT2D eigenvalue weighted by atomic mass is 32.2. The number of sulfone groups is 1. The largest absolute Gasteiger partial charge is 0.454 e. The Bertz CT molecular complexity index is 1030. The zero-order valence-electron chi connectivity index (χ0n) is 16.0. The van der Waals surface area contributed by atoms with E-state index in [0.29, 0.717) is 19.4 Å². The molecule has 0 saturated heterocycles. The molecule has 2 aromatic rings. The van der Waals surface area contributed by atoms with E-state index >= 15 is 0 Å². The number of ether oxygens (including phenoxy) is 1. The van der Waals surface area contributed by atoms with Gasteiger partial charge in [0, 0.05) is 12.2 Å². The molecule has 0 radical (unpaired) electrons. The average molecular weight is 413 g/mol. The molecule has 152 valence electrons. The number of fused-ring (bicyclic) bond motifs is 1. The van der Waals surface area contributed by atoms with Gasteiger partial charge in [0.05, 0.1) is 4.90 Å². The molecule has 1 fully saturated rings. The van der Waals surface area contributed by atoms with Crippen molar-refractivity contribution in [3.8, 4) is 0 Å². The Kier molecular flexibility index (Phi) is 5.17. The molecule has 1 heterocycles. The van der Waals surface area contributed by atoms with E-state index in [1.54, 1.807) is 23.1 Å². The van der Waals surface area contributed by atoms with Crippen LogP contribution in [-0.4, -0.2) is 38.2 Å². The number of carbonyl (C=O) groups excluding carboxylic acids is 2. The third-order valence-corrected chi connectivity index (χ3v) is 8.36. The van der Waals surface area contributed by atoms with Gasteiger partial charge in [-0.3, -0.25) is 9.59 Å². The molecule has 7 heteroatoms. The Morgan fingerprint density at radius 2 is 1.62 bits per heavy atom. The van der Waals surface area contributed by atoms with Gasteiger partial charge < -0.3 is 9.64 Å². The first-order valence-electron chi connectivity index (χ1n) is 9.81. The van der Waals surface area contributed by atoms with Gasteiger partial charge in [-0.2, -0.15) is 0 Å². The molecule has 0 aromatic heterocycles. The van der Waals surface area contributed by atoms with E-state index in [9.17, 15) is 18.0 Å². The molecule has 0 spiro atoms. The van der Waals surface area contributed by atoms with Crippen molar-refractivity contribution in [2.75, 3.05) is 18.1 Å². The zero-order chi connectivity index (χ0) is 20.5. The number of rotatable bonds is 5. The number of nitrogens with zero attached hydrogens (tertiary/aromatic N) is 1. The highest BCUT2D eigenvalue weighted by molar-refractivity contribution is 7.93. The molecule has 0 N–H and O–H groups in total. The summed E-state index contributed by atoms with van der Waals surface area (Å²) in [5.41, 5.74) is 1.90. The number of hydrogen-bond acceptors (Lipinski definition) is 5. The number of carbonyl (C=O) groups is 2. The van der Waals surface area contributed by atoms with Crippen molar-refractivity contribution in [3.05, 3.63) is 60.2 Å². The Labute approximate surface area is 170 Å². The van der Waals surface area contributed by atoms with Crippen LogP contribution in [0.2, 0.25) is 0 Å². The van der Waals surface area contributed by atoms with Gasteiger partial charge in [0.25, 0.3) is 5.91 Å². The molecular weight excluding hydrogens is 390 g/mol. The molecule has 2 aliphatic rings. The summed E-state index contributed by atoms with van der Waals surface area (Å²) >= 11 is 0. The number of amides is 1. The maximum atomic E-state index is 13.3. The van der Waals surface area contributed by atoms with Crippen LogP contribution in [0.1, 0.15) is 31.2 Å². The summed E-state index contributed by atoms with van der Waals surface area (Å²) in [6, 6.07) is 15.6. The molecule has 0 bridgehead atoms. The van der Waals surface area contributed by atoms with Crippen LogP contribution in [0, 0.1) is 0 Å². The molecular formula is C22H23NO5S. The number of anilines is 1. The number of para-hydroxylation sites is 1. The highest BCUT2D eigenvalue weighted by Crippen LogP contribution is 2.41. The number of esters is 1. The lowest BCUT2D eigenvalue weighted by Crippen LogP contribution is -2.46. The summed E-state index contributed by atoms with van der Waals surface area (Å²) in [7, 11) is -3.91. The van der Waals surface area contributed by atoms with Gasteiger partial charge in [-0.25, -0.2) is 8.42 Å². The summed E-state index contributed by atoms with van der Waals surface area (Å²) in [4.78, 5) is 27.3. The van der Waals surface area contributed by atoms with Crippen molar-refractivity contribution in [1.29, 1.82) is 0 Å². The second-order valence-electron chi connectivity index (χ2n) is 7.52. The Balaban J connectivity index is 1.51. The quantitative estimate of drug-likeness (QED) is 0.704. The van der Waals surface area contributed by atoms with Crippen molar-refractivity contribution in [2.45, 2.75) is 41.7 Å². The van der Waals surface area contributed by atoms with Crippen LogP contribution >= 0.6 is 0 Å². The topological polar surface area (TPSA) is 80.8 Å². The van der Waals surface area contributed by atoms with Gasteiger partial charge in [0.2, 0.25) is 0 Å². The maximum Gasteiger partial charge on any atom is 0.328 e. The molecule has 4 rings (SSSR count). The van der Waals surface area contributed by atoms with Crippen molar-refractivity contribution in [1.82, 2.24) is 0 Å². The molecule has 1 aliphatic carbocycles. The van der Waals surface area contributed by atoms with Gasteiger partial charge >= 0.3 is 5.97 Å². The van der Waals surface area contributed by atoms with Crippen LogP contribution in [0.15, 0.2) is 59.5 Å². The normalized spacial score (nSPS) is 17.7. The van der Waals surface area contributed by atoms with Crippen LogP contribution in [0.4, 0.5) is 5.69 Å². The smallest absolute Gasteiger partial charge is 0.328 e. The van der Waals surface area contributed by atoms with Crippen molar-refractivity contribution in [3.63, 3.8) is 0 Å². The van der Waals surface area contributed by atoms with E-state index in [2.05, 4.69) is 0 Å². The van der Waals surface area contributed by atoms with Crippen molar-refractivity contribution >= 4 is 27.4 Å². The molecule has 1 saturated carbocycles. The van der Waals surface area contributed by atoms with E-state index in [4.69, 9.17) is 4.74 Å². The monoisotopic (exact) mass is 413 g/mol. The summed E-state index contributed by atoms with van der Waals surface area (Å²) in [6.45, 7) is 0.0718. The molecule has 0 unspecified atom stereocenters. The Hall–Kier alpha value is -2.67. The minimum absolute atomic E-state index is 0.110. The third kappa shape index (κ3) is 3.33. The van der Waals surface area contributed by atoms with E-state index < -0.39 is 27.2 Å². The van der Waals surface area contributed by atoms with Crippen molar-refractivity contribution in [2.24, 2.45) is 0 Å². The van der Waals surface area contributed by atoms with Gasteiger partial charge in [-0.15, -0.1) is 0 Å². The third-order valence-electron chi connectivity index (χ3n) is 5.87. The standard InChI is InChI=1S/C22H23NO5S/c24-20(23-15-12-17-8-4-5-11-19(17)23)16-28-21(25)22(13-6-7-14-22)29(26,27)18-9-2-1-3-10-18/h1-5,8-11H,6-7,12-16H2. The lowest BCUT2D eigenvalue weighted by atomic mass is 10.1. The maximum absolute atomic E-state index is 13.3. The predicted octanol–water partition coefficient (Wildman–Crippen LogP) is 2.91. The predicted molar refractivity (Wildman–Crippen MR) is 108 cm³/mol. The lowest BCUT2D eigenvalue weighted by molar-refractivity contribution is -0.150. The number of benzene rings is 2. The van der Waals surface area contributed by atoms with Crippen LogP contribution in [0.3, 0.4) is 0 Å². The van der Waals surface area contributed by atoms with Gasteiger partial charge in [-0.05, 0) is 43.0 Å². The van der Waals surface area contributed by atoms with Crippen LogP contribution in [0.25, 0.3) is 0 Å². The summed E-state index contributed by atoms with van der Waals surface area (Å²) in [6.07, 6.45) is 2.44. The molecule has 29 heavy (non-hydrogen) atoms. The van der Waals surface area contributed by atoms with Gasteiger partial charge in [-0.1, -0.05) is 49.2 Å².